The van der Waals surface area contributed by atoms with Crippen molar-refractivity contribution in [1.82, 2.24) is 10.2 Å². The van der Waals surface area contributed by atoms with E-state index in [1.165, 1.54) is 24.3 Å². The Bertz CT molecular complexity index is 701. The molecule has 0 radical (unpaired) electrons. The van der Waals surface area contributed by atoms with E-state index >= 15 is 0 Å². The molecule has 7 heteroatoms. The number of halogens is 1. The Labute approximate surface area is 171 Å². The first-order valence-electron chi connectivity index (χ1n) is 10.5. The van der Waals surface area contributed by atoms with Crippen LogP contribution in [0.1, 0.15) is 52.4 Å². The Morgan fingerprint density at radius 3 is 2.59 bits per heavy atom. The largest absolute Gasteiger partial charge is 0.478 e. The molecule has 1 aliphatic heterocycles. The average molecular weight is 406 g/mol. The van der Waals surface area contributed by atoms with Crippen molar-refractivity contribution >= 4 is 11.8 Å². The van der Waals surface area contributed by atoms with Crippen LogP contribution in [0.25, 0.3) is 0 Å². The molecule has 3 rings (SSSR count). The number of rotatable bonds is 9. The van der Waals surface area contributed by atoms with Gasteiger partial charge in [0.25, 0.3) is 5.91 Å². The molecule has 1 aromatic rings. The molecule has 1 aliphatic carbocycles. The number of hydrogen-bond acceptors (Lipinski definition) is 4. The van der Waals surface area contributed by atoms with Crippen molar-refractivity contribution in [3.05, 3.63) is 30.1 Å². The van der Waals surface area contributed by atoms with E-state index in [-0.39, 0.29) is 30.3 Å². The first-order chi connectivity index (χ1) is 13.9. The summed E-state index contributed by atoms with van der Waals surface area (Å²) in [6, 6.07) is 5.71. The number of amides is 2. The molecule has 1 spiro atoms. The fourth-order valence-electron chi connectivity index (χ4n) is 4.23. The van der Waals surface area contributed by atoms with Gasteiger partial charge in [0.2, 0.25) is 5.91 Å². The van der Waals surface area contributed by atoms with Crippen LogP contribution in [0.5, 0.6) is 5.75 Å². The predicted molar refractivity (Wildman–Crippen MR) is 107 cm³/mol. The number of nitrogens with zero attached hydrogens (tertiary/aromatic N) is 1. The number of nitrogens with one attached hydrogen (secondary N) is 1. The van der Waals surface area contributed by atoms with Gasteiger partial charge in [0.05, 0.1) is 11.6 Å². The number of hydrogen-bond donors (Lipinski definition) is 1. The van der Waals surface area contributed by atoms with Gasteiger partial charge >= 0.3 is 0 Å². The highest BCUT2D eigenvalue weighted by molar-refractivity contribution is 5.94. The van der Waals surface area contributed by atoms with Crippen molar-refractivity contribution in [1.29, 1.82) is 0 Å². The Kier molecular flexibility index (Phi) is 7.11. The van der Waals surface area contributed by atoms with E-state index in [0.29, 0.717) is 18.9 Å². The van der Waals surface area contributed by atoms with Gasteiger partial charge < -0.3 is 19.7 Å². The SMILES string of the molecule is CC(C)OCCCNC(=O)CN1C(=O)C(Oc2ccc(F)cc2)C12CCCCC2. The molecule has 2 amide bonds. The lowest BCUT2D eigenvalue weighted by Gasteiger charge is -2.58. The Morgan fingerprint density at radius 1 is 1.24 bits per heavy atom. The maximum absolute atomic E-state index is 13.2. The smallest absolute Gasteiger partial charge is 0.267 e. The van der Waals surface area contributed by atoms with Crippen LogP contribution in [-0.2, 0) is 14.3 Å². The van der Waals surface area contributed by atoms with Crippen LogP contribution < -0.4 is 10.1 Å². The van der Waals surface area contributed by atoms with Gasteiger partial charge in [-0.1, -0.05) is 19.3 Å². The maximum atomic E-state index is 13.2. The summed E-state index contributed by atoms with van der Waals surface area (Å²) in [6.07, 6.45) is 5.06. The zero-order chi connectivity index (χ0) is 20.9. The molecule has 1 unspecified atom stereocenters. The molecule has 2 aliphatic rings. The number of likely N-dealkylation sites (tertiary alicyclic amines) is 1. The fourth-order valence-corrected chi connectivity index (χ4v) is 4.23. The van der Waals surface area contributed by atoms with Gasteiger partial charge in [-0.05, 0) is 57.4 Å². The lowest BCUT2D eigenvalue weighted by Crippen LogP contribution is -2.77. The summed E-state index contributed by atoms with van der Waals surface area (Å²) >= 11 is 0. The summed E-state index contributed by atoms with van der Waals surface area (Å²) in [5.41, 5.74) is -0.443. The van der Waals surface area contributed by atoms with Gasteiger partial charge in [-0.15, -0.1) is 0 Å². The van der Waals surface area contributed by atoms with Crippen molar-refractivity contribution in [2.24, 2.45) is 0 Å². The van der Waals surface area contributed by atoms with Gasteiger partial charge in [-0.3, -0.25) is 9.59 Å². The standard InChI is InChI=1S/C22H31FN2O4/c1-16(2)28-14-6-13-24-19(26)15-25-21(27)20(22(25)11-4-3-5-12-22)29-18-9-7-17(23)8-10-18/h7-10,16,20H,3-6,11-15H2,1-2H3,(H,24,26). The second kappa shape index (κ2) is 9.57. The topological polar surface area (TPSA) is 67.9 Å². The number of carbonyl (C=O) groups is 2. The van der Waals surface area contributed by atoms with Crippen molar-refractivity contribution in [3.8, 4) is 5.75 Å². The molecule has 1 saturated carbocycles. The second-order valence-corrected chi connectivity index (χ2v) is 8.16. The van der Waals surface area contributed by atoms with Crippen LogP contribution in [0.3, 0.4) is 0 Å². The number of β-lactam (4-membered cyclic amide) rings is 1. The molecule has 6 nitrogen and oxygen atoms in total. The van der Waals surface area contributed by atoms with Gasteiger partial charge in [-0.25, -0.2) is 4.39 Å². The lowest BCUT2D eigenvalue weighted by molar-refractivity contribution is -0.187. The minimum atomic E-state index is -0.611. The number of ether oxygens (including phenoxy) is 2. The molecule has 1 heterocycles. The highest BCUT2D eigenvalue weighted by atomic mass is 19.1. The summed E-state index contributed by atoms with van der Waals surface area (Å²) in [5, 5.41) is 2.87. The van der Waals surface area contributed by atoms with E-state index in [1.54, 1.807) is 4.90 Å². The van der Waals surface area contributed by atoms with Gasteiger partial charge in [0, 0.05) is 13.2 Å². The second-order valence-electron chi connectivity index (χ2n) is 8.16. The summed E-state index contributed by atoms with van der Waals surface area (Å²) in [6.45, 7) is 5.12. The van der Waals surface area contributed by atoms with Crippen LogP contribution in [0.2, 0.25) is 0 Å². The van der Waals surface area contributed by atoms with Crippen molar-refractivity contribution in [2.75, 3.05) is 19.7 Å². The normalized spacial score (nSPS) is 20.6. The molecule has 1 aromatic carbocycles. The van der Waals surface area contributed by atoms with Gasteiger partial charge in [0.15, 0.2) is 6.10 Å². The Hall–Kier alpha value is -2.15. The van der Waals surface area contributed by atoms with Gasteiger partial charge in [0.1, 0.15) is 18.1 Å². The van der Waals surface area contributed by atoms with Crippen LogP contribution in [0.4, 0.5) is 4.39 Å². The molecule has 1 N–H and O–H groups in total. The lowest BCUT2D eigenvalue weighted by atomic mass is 9.70. The molecule has 0 bridgehead atoms. The Balaban J connectivity index is 1.57. The first-order valence-corrected chi connectivity index (χ1v) is 10.5. The quantitative estimate of drug-likeness (QED) is 0.506. The van der Waals surface area contributed by atoms with E-state index in [9.17, 15) is 14.0 Å². The monoisotopic (exact) mass is 406 g/mol. The summed E-state index contributed by atoms with van der Waals surface area (Å²) in [5.74, 6) is -0.201. The van der Waals surface area contributed by atoms with Crippen LogP contribution in [0, 0.1) is 5.82 Å². The zero-order valence-electron chi connectivity index (χ0n) is 17.3. The summed E-state index contributed by atoms with van der Waals surface area (Å²) < 4.78 is 24.6. The number of benzene rings is 1. The average Bonchev–Trinajstić information content (AvgIpc) is 2.71. The first kappa shape index (κ1) is 21.6. The van der Waals surface area contributed by atoms with E-state index in [1.807, 2.05) is 13.8 Å². The van der Waals surface area contributed by atoms with Crippen molar-refractivity contribution in [2.45, 2.75) is 70.1 Å². The molecular weight excluding hydrogens is 375 g/mol. The van der Waals surface area contributed by atoms with Crippen LogP contribution in [0.15, 0.2) is 24.3 Å². The Morgan fingerprint density at radius 2 is 1.93 bits per heavy atom. The highest BCUT2D eigenvalue weighted by Gasteiger charge is 2.62. The number of carbonyl (C=O) groups excluding carboxylic acids is 2. The molecule has 29 heavy (non-hydrogen) atoms. The third-order valence-electron chi connectivity index (χ3n) is 5.70. The van der Waals surface area contributed by atoms with Gasteiger partial charge in [-0.2, -0.15) is 0 Å². The van der Waals surface area contributed by atoms with Crippen LogP contribution in [-0.4, -0.2) is 54.2 Å². The van der Waals surface area contributed by atoms with E-state index in [0.717, 1.165) is 38.5 Å². The molecule has 1 atom stereocenters. The van der Waals surface area contributed by atoms with Crippen molar-refractivity contribution < 1.29 is 23.5 Å². The fraction of sp³-hybridized carbons (Fsp3) is 0.636. The minimum Gasteiger partial charge on any atom is -0.478 e. The maximum Gasteiger partial charge on any atom is 0.267 e. The third kappa shape index (κ3) is 5.07. The minimum absolute atomic E-state index is 0.0488. The van der Waals surface area contributed by atoms with E-state index < -0.39 is 11.6 Å². The molecular formula is C22H31FN2O4. The molecule has 160 valence electrons. The molecule has 1 saturated heterocycles. The third-order valence-corrected chi connectivity index (χ3v) is 5.70. The van der Waals surface area contributed by atoms with Crippen molar-refractivity contribution in [3.63, 3.8) is 0 Å². The summed E-state index contributed by atoms with van der Waals surface area (Å²) in [7, 11) is 0. The molecule has 2 fully saturated rings. The van der Waals surface area contributed by atoms with E-state index in [2.05, 4.69) is 5.32 Å². The zero-order valence-corrected chi connectivity index (χ0v) is 17.3. The summed E-state index contributed by atoms with van der Waals surface area (Å²) in [4.78, 5) is 26.9. The molecule has 0 aromatic heterocycles. The predicted octanol–water partition coefficient (Wildman–Crippen LogP) is 3.05. The van der Waals surface area contributed by atoms with E-state index in [4.69, 9.17) is 9.47 Å². The highest BCUT2D eigenvalue weighted by Crippen LogP contribution is 2.45. The van der Waals surface area contributed by atoms with Crippen LogP contribution >= 0.6 is 0 Å².